The molecule has 138 valence electrons. The zero-order chi connectivity index (χ0) is 19.1. The van der Waals surface area contributed by atoms with Crippen molar-refractivity contribution in [3.05, 3.63) is 78.0 Å². The third-order valence-corrected chi connectivity index (χ3v) is 4.77. The Hall–Kier alpha value is -3.80. The highest BCUT2D eigenvalue weighted by Gasteiger charge is 2.24. The lowest BCUT2D eigenvalue weighted by molar-refractivity contribution is -0.493. The molecule has 28 heavy (non-hydrogen) atoms. The average molecular weight is 372 g/mol. The summed E-state index contributed by atoms with van der Waals surface area (Å²) in [6, 6.07) is 19.2. The Morgan fingerprint density at radius 3 is 2.71 bits per heavy atom. The van der Waals surface area contributed by atoms with Gasteiger partial charge in [0.25, 0.3) is 5.82 Å². The molecule has 2 aromatic heterocycles. The lowest BCUT2D eigenvalue weighted by Crippen LogP contribution is -2.27. The summed E-state index contributed by atoms with van der Waals surface area (Å²) in [5.74, 6) is 1.70. The van der Waals surface area contributed by atoms with E-state index < -0.39 is 0 Å². The van der Waals surface area contributed by atoms with Crippen molar-refractivity contribution in [2.75, 3.05) is 12.1 Å². The van der Waals surface area contributed by atoms with E-state index in [-0.39, 0.29) is 12.7 Å². The van der Waals surface area contributed by atoms with Crippen molar-refractivity contribution in [3.63, 3.8) is 0 Å². The summed E-state index contributed by atoms with van der Waals surface area (Å²) in [6.45, 7) is 2.21. The van der Waals surface area contributed by atoms with Gasteiger partial charge in [-0.1, -0.05) is 30.3 Å². The van der Waals surface area contributed by atoms with Gasteiger partial charge in [0, 0.05) is 11.6 Å². The minimum Gasteiger partial charge on any atom is -0.454 e. The van der Waals surface area contributed by atoms with Gasteiger partial charge < -0.3 is 9.47 Å². The molecule has 0 atom stereocenters. The van der Waals surface area contributed by atoms with Crippen LogP contribution in [0.15, 0.2) is 66.9 Å². The number of anilines is 1. The third kappa shape index (κ3) is 2.75. The number of aromatic amines is 1. The van der Waals surface area contributed by atoms with Crippen molar-refractivity contribution in [1.82, 2.24) is 4.98 Å². The predicted molar refractivity (Wildman–Crippen MR) is 105 cm³/mol. The van der Waals surface area contributed by atoms with Gasteiger partial charge in [-0.2, -0.15) is 0 Å². The van der Waals surface area contributed by atoms with Gasteiger partial charge in [-0.05, 0) is 36.8 Å². The number of fused-ring (bicyclic) bond motifs is 2. The van der Waals surface area contributed by atoms with Crippen LogP contribution < -0.4 is 19.2 Å². The molecule has 0 bridgehead atoms. The normalized spacial score (nSPS) is 12.3. The van der Waals surface area contributed by atoms with Gasteiger partial charge in [-0.3, -0.25) is 9.78 Å². The average Bonchev–Trinajstić information content (AvgIpc) is 3.32. The Labute approximate surface area is 161 Å². The van der Waals surface area contributed by atoms with Crippen molar-refractivity contribution in [2.45, 2.75) is 6.92 Å². The van der Waals surface area contributed by atoms with Gasteiger partial charge >= 0.3 is 5.91 Å². The number of hydrogen-bond donors (Lipinski definition) is 2. The molecule has 1 aliphatic rings. The van der Waals surface area contributed by atoms with Crippen LogP contribution in [0.3, 0.4) is 0 Å². The predicted octanol–water partition coefficient (Wildman–Crippen LogP) is 3.71. The fourth-order valence-electron chi connectivity index (χ4n) is 3.36. The maximum absolute atomic E-state index is 13.0. The van der Waals surface area contributed by atoms with E-state index in [2.05, 4.69) is 10.3 Å². The number of rotatable bonds is 3. The summed E-state index contributed by atoms with van der Waals surface area (Å²) >= 11 is 0. The first kappa shape index (κ1) is 16.4. The number of aryl methyl sites for hydroxylation is 1. The quantitative estimate of drug-likeness (QED) is 0.539. The molecule has 6 heteroatoms. The summed E-state index contributed by atoms with van der Waals surface area (Å²) in [7, 11) is 0. The molecular weight excluding hydrogens is 354 g/mol. The highest BCUT2D eigenvalue weighted by atomic mass is 16.7. The molecular formula is C22H18N3O3+. The summed E-state index contributed by atoms with van der Waals surface area (Å²) in [5, 5.41) is 3.06. The minimum absolute atomic E-state index is 0.177. The second kappa shape index (κ2) is 6.42. The Morgan fingerprint density at radius 2 is 1.86 bits per heavy atom. The first-order chi connectivity index (χ1) is 13.7. The highest BCUT2D eigenvalue weighted by Crippen LogP contribution is 2.33. The van der Waals surface area contributed by atoms with Gasteiger partial charge in [0.05, 0.1) is 11.8 Å². The van der Waals surface area contributed by atoms with Crippen molar-refractivity contribution < 1.29 is 18.7 Å². The van der Waals surface area contributed by atoms with E-state index in [9.17, 15) is 4.79 Å². The molecule has 2 aromatic carbocycles. The Kier molecular flexibility index (Phi) is 3.76. The first-order valence-corrected chi connectivity index (χ1v) is 8.99. The van der Waals surface area contributed by atoms with E-state index in [4.69, 9.17) is 9.47 Å². The van der Waals surface area contributed by atoms with Crippen LogP contribution in [0.1, 0.15) is 15.9 Å². The van der Waals surface area contributed by atoms with Crippen LogP contribution >= 0.6 is 0 Å². The number of benzene rings is 2. The van der Waals surface area contributed by atoms with E-state index in [1.54, 1.807) is 18.2 Å². The molecule has 0 unspecified atom stereocenters. The molecule has 0 saturated carbocycles. The molecule has 0 saturated heterocycles. The number of H-pyrrole nitrogens is 1. The number of pyridine rings is 1. The molecule has 6 nitrogen and oxygen atoms in total. The zero-order valence-corrected chi connectivity index (χ0v) is 15.2. The van der Waals surface area contributed by atoms with Crippen molar-refractivity contribution in [2.24, 2.45) is 0 Å². The molecule has 4 aromatic rings. The number of carbonyl (C=O) groups excluding carboxylic acids is 1. The molecule has 0 radical (unpaired) electrons. The smallest absolute Gasteiger partial charge is 0.311 e. The number of nitrogens with zero attached hydrogens (tertiary/aromatic N) is 1. The van der Waals surface area contributed by atoms with Crippen molar-refractivity contribution >= 4 is 17.4 Å². The fourth-order valence-corrected chi connectivity index (χ4v) is 3.36. The van der Waals surface area contributed by atoms with Crippen molar-refractivity contribution in [3.8, 4) is 22.8 Å². The topological polar surface area (TPSA) is 67.5 Å². The van der Waals surface area contributed by atoms with E-state index in [0.29, 0.717) is 22.9 Å². The second-order valence-corrected chi connectivity index (χ2v) is 6.70. The van der Waals surface area contributed by atoms with Gasteiger partial charge in [0.1, 0.15) is 0 Å². The number of ether oxygens (including phenoxy) is 2. The van der Waals surface area contributed by atoms with Gasteiger partial charge in [-0.25, -0.2) is 9.72 Å². The van der Waals surface area contributed by atoms with Crippen LogP contribution in [0.2, 0.25) is 0 Å². The molecule has 0 fully saturated rings. The van der Waals surface area contributed by atoms with Gasteiger partial charge in [0.15, 0.2) is 17.2 Å². The monoisotopic (exact) mass is 372 g/mol. The summed E-state index contributed by atoms with van der Waals surface area (Å²) in [4.78, 5) is 16.4. The van der Waals surface area contributed by atoms with E-state index in [1.165, 1.54) is 0 Å². The van der Waals surface area contributed by atoms with Gasteiger partial charge in [-0.15, -0.1) is 0 Å². The van der Waals surface area contributed by atoms with E-state index in [0.717, 1.165) is 22.5 Å². The van der Waals surface area contributed by atoms with E-state index >= 15 is 0 Å². The Morgan fingerprint density at radius 1 is 1.04 bits per heavy atom. The Bertz CT molecular complexity index is 1200. The summed E-state index contributed by atoms with van der Waals surface area (Å²) in [6.07, 6.45) is 1.95. The number of carbonyl (C=O) groups is 1. The number of aromatic nitrogens is 2. The number of imidazole rings is 1. The number of amides is 1. The highest BCUT2D eigenvalue weighted by molar-refractivity contribution is 6.05. The lowest BCUT2D eigenvalue weighted by Gasteiger charge is -2.03. The largest absolute Gasteiger partial charge is 0.454 e. The van der Waals surface area contributed by atoms with Crippen LogP contribution in [-0.4, -0.2) is 17.7 Å². The Balaban J connectivity index is 1.58. The first-order valence-electron chi connectivity index (χ1n) is 8.99. The minimum atomic E-state index is -0.218. The molecule has 1 aliphatic heterocycles. The number of nitrogens with one attached hydrogen (secondary N) is 2. The van der Waals surface area contributed by atoms with Crippen LogP contribution in [0.4, 0.5) is 5.82 Å². The summed E-state index contributed by atoms with van der Waals surface area (Å²) in [5.41, 5.74) is 4.38. The molecule has 1 amide bonds. The van der Waals surface area contributed by atoms with Crippen LogP contribution in [-0.2, 0) is 0 Å². The molecule has 0 spiro atoms. The van der Waals surface area contributed by atoms with Crippen LogP contribution in [0, 0.1) is 6.92 Å². The number of hydrogen-bond acceptors (Lipinski definition) is 3. The van der Waals surface area contributed by atoms with Crippen LogP contribution in [0.5, 0.6) is 11.5 Å². The molecule has 5 rings (SSSR count). The third-order valence-electron chi connectivity index (χ3n) is 4.77. The van der Waals surface area contributed by atoms with Crippen LogP contribution in [0.25, 0.3) is 16.9 Å². The molecule has 0 aliphatic carbocycles. The van der Waals surface area contributed by atoms with Gasteiger partial charge in [0.2, 0.25) is 12.4 Å². The SMILES string of the molecule is Cc1cc[n+]2c(NC(=O)c3ccc4c(c3)OCO4)c(-c3ccccc3)[nH]c2c1. The molecule has 3 heterocycles. The molecule has 2 N–H and O–H groups in total. The fraction of sp³-hybridized carbons (Fsp3) is 0.0909. The maximum Gasteiger partial charge on any atom is 0.311 e. The van der Waals surface area contributed by atoms with E-state index in [1.807, 2.05) is 60.0 Å². The second-order valence-electron chi connectivity index (χ2n) is 6.70. The standard InChI is InChI=1S/C22H17N3O3/c1-14-9-10-25-19(11-14)23-20(15-5-3-2-4-6-15)21(25)24-22(26)16-7-8-17-18(12-16)28-13-27-17/h2-12H,13H2,1H3,(H,24,26)/p+1. The zero-order valence-electron chi connectivity index (χ0n) is 15.2. The maximum atomic E-state index is 13.0. The summed E-state index contributed by atoms with van der Waals surface area (Å²) < 4.78 is 12.7. The van der Waals surface area contributed by atoms with Crippen molar-refractivity contribution in [1.29, 1.82) is 0 Å². The lowest BCUT2D eigenvalue weighted by atomic mass is 10.1.